The van der Waals surface area contributed by atoms with E-state index in [9.17, 15) is 9.59 Å². The monoisotopic (exact) mass is 489 g/mol. The van der Waals surface area contributed by atoms with Gasteiger partial charge >= 0.3 is 5.69 Å². The number of rotatable bonds is 7. The van der Waals surface area contributed by atoms with Crippen molar-refractivity contribution < 1.29 is 4.74 Å². The van der Waals surface area contributed by atoms with Crippen molar-refractivity contribution in [2.75, 3.05) is 13.7 Å². The fourth-order valence-corrected chi connectivity index (χ4v) is 4.43. The van der Waals surface area contributed by atoms with Crippen LogP contribution in [0, 0.1) is 6.92 Å². The maximum Gasteiger partial charge on any atom is 0.333 e. The number of aromatic nitrogens is 5. The van der Waals surface area contributed by atoms with Gasteiger partial charge in [0, 0.05) is 24.6 Å². The summed E-state index contributed by atoms with van der Waals surface area (Å²) in [5.41, 5.74) is 3.16. The number of halogens is 1. The highest BCUT2D eigenvalue weighted by Crippen LogP contribution is 2.22. The lowest BCUT2D eigenvalue weighted by Crippen LogP contribution is -2.41. The topological polar surface area (TPSA) is 83.9 Å². The molecule has 0 spiro atoms. The van der Waals surface area contributed by atoms with E-state index in [0.717, 1.165) is 22.0 Å². The molecule has 35 heavy (non-hydrogen) atoms. The van der Waals surface area contributed by atoms with Crippen molar-refractivity contribution in [2.24, 2.45) is 0 Å². The predicted octanol–water partition coefficient (Wildman–Crippen LogP) is 3.61. The van der Waals surface area contributed by atoms with E-state index in [2.05, 4.69) is 9.97 Å². The Labute approximate surface area is 206 Å². The Morgan fingerprint density at radius 3 is 2.57 bits per heavy atom. The Bertz CT molecular complexity index is 1650. The molecule has 0 saturated carbocycles. The molecule has 8 nitrogen and oxygen atoms in total. The standard InChI is InChI=1S/C26H24ClN5O3/c1-17-8-9-19-13-20(23(27)29-21(19)12-17)15-32-25(33)22-24(28-16-30(22)10-11-35-2)31(26(32)34)14-18-6-4-3-5-7-18/h3-9,12-13,16H,10-11,14-15H2,1-2H3. The largest absolute Gasteiger partial charge is 0.383 e. The molecule has 0 aliphatic carbocycles. The van der Waals surface area contributed by atoms with E-state index >= 15 is 0 Å². The van der Waals surface area contributed by atoms with Gasteiger partial charge in [0.15, 0.2) is 11.2 Å². The van der Waals surface area contributed by atoms with E-state index in [-0.39, 0.29) is 18.2 Å². The third kappa shape index (κ3) is 4.38. The first-order chi connectivity index (χ1) is 17.0. The minimum Gasteiger partial charge on any atom is -0.383 e. The molecule has 9 heteroatoms. The first kappa shape index (κ1) is 23.0. The molecule has 5 aromatic rings. The molecule has 3 heterocycles. The zero-order valence-electron chi connectivity index (χ0n) is 19.4. The van der Waals surface area contributed by atoms with E-state index in [1.165, 1.54) is 9.13 Å². The number of nitrogens with zero attached hydrogens (tertiary/aromatic N) is 5. The van der Waals surface area contributed by atoms with E-state index in [0.29, 0.717) is 29.9 Å². The second-order valence-electron chi connectivity index (χ2n) is 8.48. The summed E-state index contributed by atoms with van der Waals surface area (Å²) in [7, 11) is 1.60. The molecule has 2 aromatic carbocycles. The van der Waals surface area contributed by atoms with Crippen LogP contribution in [-0.2, 0) is 24.4 Å². The number of methoxy groups -OCH3 is 1. The van der Waals surface area contributed by atoms with E-state index in [1.54, 1.807) is 18.0 Å². The second-order valence-corrected chi connectivity index (χ2v) is 8.84. The number of pyridine rings is 1. The molecule has 0 aliphatic rings. The van der Waals surface area contributed by atoms with Crippen molar-refractivity contribution >= 4 is 33.7 Å². The summed E-state index contributed by atoms with van der Waals surface area (Å²) < 4.78 is 9.65. The maximum atomic E-state index is 13.6. The zero-order valence-corrected chi connectivity index (χ0v) is 20.2. The Balaban J connectivity index is 1.69. The number of aryl methyl sites for hydroxylation is 1. The van der Waals surface area contributed by atoms with Gasteiger partial charge in [0.25, 0.3) is 5.56 Å². The third-order valence-electron chi connectivity index (χ3n) is 6.03. The van der Waals surface area contributed by atoms with Crippen LogP contribution in [0.5, 0.6) is 0 Å². The molecule has 0 fully saturated rings. The van der Waals surface area contributed by atoms with Crippen LogP contribution >= 0.6 is 11.6 Å². The van der Waals surface area contributed by atoms with Gasteiger partial charge in [-0.1, -0.05) is 54.1 Å². The van der Waals surface area contributed by atoms with Gasteiger partial charge in [-0.05, 0) is 30.2 Å². The first-order valence-corrected chi connectivity index (χ1v) is 11.6. The molecule has 0 unspecified atom stereocenters. The number of imidazole rings is 1. The van der Waals surface area contributed by atoms with Gasteiger partial charge in [-0.2, -0.15) is 0 Å². The summed E-state index contributed by atoms with van der Waals surface area (Å²) in [6.07, 6.45) is 1.57. The van der Waals surface area contributed by atoms with Gasteiger partial charge in [-0.25, -0.2) is 14.8 Å². The lowest BCUT2D eigenvalue weighted by molar-refractivity contribution is 0.188. The number of benzene rings is 2. The Kier molecular flexibility index (Phi) is 6.23. The smallest absolute Gasteiger partial charge is 0.333 e. The van der Waals surface area contributed by atoms with Gasteiger partial charge in [0.2, 0.25) is 0 Å². The molecule has 0 N–H and O–H groups in total. The first-order valence-electron chi connectivity index (χ1n) is 11.2. The molecule has 5 rings (SSSR count). The van der Waals surface area contributed by atoms with Crippen molar-refractivity contribution in [3.8, 4) is 0 Å². The van der Waals surface area contributed by atoms with Crippen LogP contribution in [0.3, 0.4) is 0 Å². The second kappa shape index (κ2) is 9.48. The molecule has 0 saturated heterocycles. The van der Waals surface area contributed by atoms with E-state index in [4.69, 9.17) is 16.3 Å². The molecule has 178 valence electrons. The molecule has 0 aliphatic heterocycles. The normalized spacial score (nSPS) is 11.5. The van der Waals surface area contributed by atoms with Crippen LogP contribution in [0.1, 0.15) is 16.7 Å². The third-order valence-corrected chi connectivity index (χ3v) is 6.36. The van der Waals surface area contributed by atoms with Crippen molar-refractivity contribution in [1.29, 1.82) is 0 Å². The highest BCUT2D eigenvalue weighted by atomic mass is 35.5. The average Bonchev–Trinajstić information content (AvgIpc) is 3.28. The minimum atomic E-state index is -0.455. The van der Waals surface area contributed by atoms with Gasteiger partial charge < -0.3 is 9.30 Å². The summed E-state index contributed by atoms with van der Waals surface area (Å²) in [6.45, 7) is 3.10. The lowest BCUT2D eigenvalue weighted by Gasteiger charge is -2.14. The van der Waals surface area contributed by atoms with Crippen molar-refractivity contribution in [2.45, 2.75) is 26.6 Å². The van der Waals surface area contributed by atoms with Crippen LogP contribution in [0.4, 0.5) is 0 Å². The van der Waals surface area contributed by atoms with Gasteiger partial charge in [0.1, 0.15) is 5.15 Å². The SMILES string of the molecule is COCCn1cnc2c1c(=O)n(Cc1cc3ccc(C)cc3nc1Cl)c(=O)n2Cc1ccccc1. The van der Waals surface area contributed by atoms with Crippen molar-refractivity contribution in [1.82, 2.24) is 23.7 Å². The lowest BCUT2D eigenvalue weighted by atomic mass is 10.1. The Morgan fingerprint density at radius 2 is 1.80 bits per heavy atom. The quantitative estimate of drug-likeness (QED) is 0.326. The van der Waals surface area contributed by atoms with Crippen LogP contribution < -0.4 is 11.2 Å². The fourth-order valence-electron chi connectivity index (χ4n) is 4.22. The highest BCUT2D eigenvalue weighted by Gasteiger charge is 2.19. The van der Waals surface area contributed by atoms with Gasteiger partial charge in [0.05, 0.1) is 31.5 Å². The number of ether oxygens (including phenoxy) is 1. The van der Waals surface area contributed by atoms with E-state index in [1.807, 2.05) is 61.5 Å². The van der Waals surface area contributed by atoms with Crippen LogP contribution in [0.25, 0.3) is 22.1 Å². The molecule has 0 atom stereocenters. The van der Waals surface area contributed by atoms with E-state index < -0.39 is 11.2 Å². The average molecular weight is 490 g/mol. The summed E-state index contributed by atoms with van der Waals surface area (Å²) in [5.74, 6) is 0. The molecular formula is C26H24ClN5O3. The summed E-state index contributed by atoms with van der Waals surface area (Å²) in [4.78, 5) is 36.2. The van der Waals surface area contributed by atoms with Crippen LogP contribution in [-0.4, -0.2) is 37.4 Å². The molecule has 3 aromatic heterocycles. The van der Waals surface area contributed by atoms with Crippen molar-refractivity contribution in [3.05, 3.63) is 104 Å². The summed E-state index contributed by atoms with van der Waals surface area (Å²) in [6, 6.07) is 17.4. The minimum absolute atomic E-state index is 0.00644. The van der Waals surface area contributed by atoms with Gasteiger partial charge in [-0.15, -0.1) is 0 Å². The molecule has 0 amide bonds. The number of hydrogen-bond acceptors (Lipinski definition) is 5. The fraction of sp³-hybridized carbons (Fsp3) is 0.231. The Morgan fingerprint density at radius 1 is 1.00 bits per heavy atom. The molecule has 0 bridgehead atoms. The zero-order chi connectivity index (χ0) is 24.5. The van der Waals surface area contributed by atoms with Crippen LogP contribution in [0.15, 0.2) is 70.5 Å². The van der Waals surface area contributed by atoms with Gasteiger partial charge in [-0.3, -0.25) is 13.9 Å². The number of fused-ring (bicyclic) bond motifs is 2. The van der Waals surface area contributed by atoms with Crippen molar-refractivity contribution in [3.63, 3.8) is 0 Å². The number of hydrogen-bond donors (Lipinski definition) is 0. The highest BCUT2D eigenvalue weighted by molar-refractivity contribution is 6.30. The molecule has 0 radical (unpaired) electrons. The summed E-state index contributed by atoms with van der Waals surface area (Å²) >= 11 is 6.51. The summed E-state index contributed by atoms with van der Waals surface area (Å²) in [5, 5.41) is 1.15. The maximum absolute atomic E-state index is 13.6. The van der Waals surface area contributed by atoms with Crippen LogP contribution in [0.2, 0.25) is 5.15 Å². The predicted molar refractivity (Wildman–Crippen MR) is 136 cm³/mol. The molecular weight excluding hydrogens is 466 g/mol. The Hall–Kier alpha value is -3.75.